The van der Waals surface area contributed by atoms with Crippen molar-refractivity contribution in [1.29, 1.82) is 0 Å². The maximum absolute atomic E-state index is 13.8. The molecule has 2 amide bonds. The Morgan fingerprint density at radius 1 is 1.05 bits per heavy atom. The van der Waals surface area contributed by atoms with E-state index in [0.717, 1.165) is 18.4 Å². The molecule has 1 aliphatic carbocycles. The number of aliphatic hydroxyl groups is 1. The molecular formula is C29H30N4O4. The van der Waals surface area contributed by atoms with Crippen LogP contribution in [0.5, 0.6) is 0 Å². The van der Waals surface area contributed by atoms with Crippen LogP contribution in [0, 0.1) is 11.8 Å². The number of benzene rings is 1. The summed E-state index contributed by atoms with van der Waals surface area (Å²) >= 11 is 0. The third kappa shape index (κ3) is 3.78. The first-order chi connectivity index (χ1) is 18.0. The van der Waals surface area contributed by atoms with Crippen molar-refractivity contribution in [3.05, 3.63) is 88.1 Å². The molecule has 2 aromatic heterocycles. The summed E-state index contributed by atoms with van der Waals surface area (Å²) in [6, 6.07) is 14.3. The van der Waals surface area contributed by atoms with Crippen LogP contribution < -0.4 is 10.9 Å². The molecule has 4 heterocycles. The monoisotopic (exact) mass is 498 g/mol. The summed E-state index contributed by atoms with van der Waals surface area (Å²) in [5, 5.41) is 13.7. The van der Waals surface area contributed by atoms with Gasteiger partial charge in [0.15, 0.2) is 0 Å². The molecule has 0 unspecified atom stereocenters. The lowest BCUT2D eigenvalue weighted by Crippen LogP contribution is -2.49. The topological polar surface area (TPSA) is 105 Å². The molecule has 2 bridgehead atoms. The molecule has 190 valence electrons. The fraction of sp³-hybridized carbons (Fsp3) is 0.379. The summed E-state index contributed by atoms with van der Waals surface area (Å²) in [4.78, 5) is 46.4. The number of carbonyl (C=O) groups excluding carboxylic acids is 2. The third-order valence-electron chi connectivity index (χ3n) is 8.33. The highest BCUT2D eigenvalue weighted by Crippen LogP contribution is 2.48. The molecule has 2 aliphatic heterocycles. The van der Waals surface area contributed by atoms with Gasteiger partial charge >= 0.3 is 0 Å². The Hall–Kier alpha value is -3.78. The van der Waals surface area contributed by atoms with Crippen molar-refractivity contribution in [2.75, 3.05) is 6.61 Å². The van der Waals surface area contributed by atoms with Crippen molar-refractivity contribution < 1.29 is 14.7 Å². The number of aromatic nitrogens is 2. The van der Waals surface area contributed by atoms with Gasteiger partial charge in [0.1, 0.15) is 0 Å². The predicted octanol–water partition coefficient (Wildman–Crippen LogP) is 2.09. The van der Waals surface area contributed by atoms with E-state index in [4.69, 9.17) is 0 Å². The second-order valence-electron chi connectivity index (χ2n) is 10.2. The number of hydrogen-bond donors (Lipinski definition) is 2. The lowest BCUT2D eigenvalue weighted by atomic mass is 9.86. The first-order valence-corrected chi connectivity index (χ1v) is 12.9. The average molecular weight is 499 g/mol. The molecule has 8 nitrogen and oxygen atoms in total. The molecule has 2 N–H and O–H groups in total. The van der Waals surface area contributed by atoms with E-state index in [1.54, 1.807) is 47.0 Å². The van der Waals surface area contributed by atoms with Crippen LogP contribution in [0.25, 0.3) is 11.1 Å². The summed E-state index contributed by atoms with van der Waals surface area (Å²) < 4.78 is 1.70. The van der Waals surface area contributed by atoms with Crippen molar-refractivity contribution in [2.24, 2.45) is 11.8 Å². The number of fused-ring (bicyclic) bond motifs is 5. The van der Waals surface area contributed by atoms with Crippen LogP contribution in [-0.4, -0.2) is 50.1 Å². The molecule has 0 saturated carbocycles. The number of hydrogen-bond acceptors (Lipinski definition) is 5. The van der Waals surface area contributed by atoms with E-state index in [9.17, 15) is 19.5 Å². The number of amides is 2. The Kier molecular flexibility index (Phi) is 5.91. The molecule has 3 aliphatic rings. The van der Waals surface area contributed by atoms with E-state index in [2.05, 4.69) is 22.4 Å². The van der Waals surface area contributed by atoms with E-state index < -0.39 is 23.9 Å². The fourth-order valence-corrected chi connectivity index (χ4v) is 6.64. The smallest absolute Gasteiger partial charge is 0.258 e. The lowest BCUT2D eigenvalue weighted by Gasteiger charge is -2.38. The van der Waals surface area contributed by atoms with Crippen molar-refractivity contribution in [1.82, 2.24) is 19.8 Å². The van der Waals surface area contributed by atoms with Crippen LogP contribution in [0.2, 0.25) is 0 Å². The minimum absolute atomic E-state index is 0.0312. The standard InChI is InChI=1S/C29H30N4O4/c1-2-25(35)33-24-15-32-23(8-7-21(29(32)37)17-9-11-30-12-10-17)27(33)26(22(24)16-34)28(36)31-20-13-18-5-3-4-6-19(18)14-20/h3-12,20,22,24,26-27,34H,2,13-16H2,1H3,(H,31,36)/t22-,24-,26+,27+/m0/s1. The van der Waals surface area contributed by atoms with Crippen LogP contribution in [0.1, 0.15) is 36.2 Å². The Labute approximate surface area is 215 Å². The number of pyridine rings is 2. The summed E-state index contributed by atoms with van der Waals surface area (Å²) in [6.07, 6.45) is 5.10. The molecular weight excluding hydrogens is 468 g/mol. The number of nitrogens with zero attached hydrogens (tertiary/aromatic N) is 3. The molecule has 8 heteroatoms. The maximum Gasteiger partial charge on any atom is 0.258 e. The van der Waals surface area contributed by atoms with Gasteiger partial charge in [-0.1, -0.05) is 31.2 Å². The van der Waals surface area contributed by atoms with Crippen molar-refractivity contribution in [2.45, 2.75) is 50.9 Å². The van der Waals surface area contributed by atoms with Gasteiger partial charge in [0.05, 0.1) is 18.0 Å². The molecule has 37 heavy (non-hydrogen) atoms. The largest absolute Gasteiger partial charge is 0.396 e. The van der Waals surface area contributed by atoms with Crippen LogP contribution in [-0.2, 0) is 29.0 Å². The molecule has 4 atom stereocenters. The van der Waals surface area contributed by atoms with Crippen LogP contribution in [0.3, 0.4) is 0 Å². The van der Waals surface area contributed by atoms with Gasteiger partial charge in [-0.05, 0) is 53.8 Å². The van der Waals surface area contributed by atoms with E-state index in [1.165, 1.54) is 11.1 Å². The quantitative estimate of drug-likeness (QED) is 0.561. The highest BCUT2D eigenvalue weighted by molar-refractivity contribution is 5.84. The van der Waals surface area contributed by atoms with Crippen molar-refractivity contribution in [3.63, 3.8) is 0 Å². The fourth-order valence-electron chi connectivity index (χ4n) is 6.64. The number of rotatable bonds is 5. The molecule has 0 radical (unpaired) electrons. The molecule has 3 aromatic rings. The van der Waals surface area contributed by atoms with Gasteiger partial charge < -0.3 is 19.9 Å². The Morgan fingerprint density at radius 2 is 1.76 bits per heavy atom. The zero-order chi connectivity index (χ0) is 25.7. The van der Waals surface area contributed by atoms with Crippen LogP contribution >= 0.6 is 0 Å². The second-order valence-corrected chi connectivity index (χ2v) is 10.2. The summed E-state index contributed by atoms with van der Waals surface area (Å²) in [6.45, 7) is 1.81. The Morgan fingerprint density at radius 3 is 2.41 bits per heavy atom. The van der Waals surface area contributed by atoms with Gasteiger partial charge in [-0.2, -0.15) is 0 Å². The van der Waals surface area contributed by atoms with Gasteiger partial charge in [0, 0.05) is 55.2 Å². The maximum atomic E-state index is 13.8. The minimum Gasteiger partial charge on any atom is -0.396 e. The van der Waals surface area contributed by atoms with Gasteiger partial charge in [0.2, 0.25) is 11.8 Å². The van der Waals surface area contributed by atoms with E-state index in [1.807, 2.05) is 18.2 Å². The van der Waals surface area contributed by atoms with Gasteiger partial charge in [-0.15, -0.1) is 0 Å². The van der Waals surface area contributed by atoms with Crippen LogP contribution in [0.4, 0.5) is 0 Å². The lowest BCUT2D eigenvalue weighted by molar-refractivity contribution is -0.136. The number of carbonyl (C=O) groups is 2. The van der Waals surface area contributed by atoms with Gasteiger partial charge in [0.25, 0.3) is 5.56 Å². The molecule has 6 rings (SSSR count). The Bertz CT molecular complexity index is 1390. The predicted molar refractivity (Wildman–Crippen MR) is 137 cm³/mol. The first kappa shape index (κ1) is 23.6. The van der Waals surface area contributed by atoms with Crippen molar-refractivity contribution in [3.8, 4) is 11.1 Å². The number of nitrogens with one attached hydrogen (secondary N) is 1. The normalized spacial score (nSPS) is 24.0. The second kappa shape index (κ2) is 9.27. The number of aliphatic hydroxyl groups excluding tert-OH is 1. The highest BCUT2D eigenvalue weighted by atomic mass is 16.3. The van der Waals surface area contributed by atoms with Crippen LogP contribution in [0.15, 0.2) is 65.7 Å². The van der Waals surface area contributed by atoms with Gasteiger partial charge in [-0.25, -0.2) is 0 Å². The molecule has 1 aromatic carbocycles. The van der Waals surface area contributed by atoms with E-state index >= 15 is 0 Å². The summed E-state index contributed by atoms with van der Waals surface area (Å²) in [5.74, 6) is -1.35. The van der Waals surface area contributed by atoms with Gasteiger partial charge in [-0.3, -0.25) is 19.4 Å². The Balaban J connectivity index is 1.38. The zero-order valence-electron chi connectivity index (χ0n) is 20.7. The third-order valence-corrected chi connectivity index (χ3v) is 8.33. The SMILES string of the molecule is CCC(=O)N1[C@@H]2c3ccc(-c4ccncc4)c(=O)n3C[C@H]1[C@H](CO)[C@H]2C(=O)NC1Cc2ccccc2C1. The first-order valence-electron chi connectivity index (χ1n) is 12.9. The molecule has 0 spiro atoms. The van der Waals surface area contributed by atoms with E-state index in [0.29, 0.717) is 11.3 Å². The van der Waals surface area contributed by atoms with Crippen molar-refractivity contribution >= 4 is 11.8 Å². The van der Waals surface area contributed by atoms with E-state index in [-0.39, 0.29) is 43.0 Å². The summed E-state index contributed by atoms with van der Waals surface area (Å²) in [7, 11) is 0. The average Bonchev–Trinajstić information content (AvgIpc) is 3.43. The molecule has 1 saturated heterocycles. The summed E-state index contributed by atoms with van der Waals surface area (Å²) in [5.41, 5.74) is 4.27. The zero-order valence-corrected chi connectivity index (χ0v) is 20.7. The molecule has 1 fully saturated rings. The highest BCUT2D eigenvalue weighted by Gasteiger charge is 2.57. The minimum atomic E-state index is -0.644.